The number of carbonyl (C=O) groups is 1. The summed E-state index contributed by atoms with van der Waals surface area (Å²) in [5.74, 6) is -0.415. The molecule has 0 aliphatic carbocycles. The van der Waals surface area contributed by atoms with Crippen LogP contribution in [0.2, 0.25) is 0 Å². The molecular formula is C13H19N3O3S. The first-order valence-corrected chi connectivity index (χ1v) is 7.56. The number of nitrogens with one attached hydrogen (secondary N) is 2. The molecule has 6 nitrogen and oxygen atoms in total. The Morgan fingerprint density at radius 1 is 1.50 bits per heavy atom. The van der Waals surface area contributed by atoms with E-state index in [1.165, 1.54) is 6.07 Å². The van der Waals surface area contributed by atoms with Crippen molar-refractivity contribution in [2.24, 2.45) is 0 Å². The summed E-state index contributed by atoms with van der Waals surface area (Å²) < 4.78 is 0. The van der Waals surface area contributed by atoms with Gasteiger partial charge in [-0.1, -0.05) is 13.0 Å². The summed E-state index contributed by atoms with van der Waals surface area (Å²) in [5.41, 5.74) is 0.226. The molecule has 7 heteroatoms. The molecule has 2 N–H and O–H groups in total. The van der Waals surface area contributed by atoms with Crippen molar-refractivity contribution in [1.29, 1.82) is 0 Å². The fourth-order valence-electron chi connectivity index (χ4n) is 1.73. The van der Waals surface area contributed by atoms with Gasteiger partial charge < -0.3 is 10.6 Å². The predicted molar refractivity (Wildman–Crippen MR) is 82.6 cm³/mol. The van der Waals surface area contributed by atoms with Gasteiger partial charge in [-0.25, -0.2) is 0 Å². The lowest BCUT2D eigenvalue weighted by molar-refractivity contribution is -0.384. The highest BCUT2D eigenvalue weighted by Gasteiger charge is 2.23. The van der Waals surface area contributed by atoms with Gasteiger partial charge in [-0.15, -0.1) is 0 Å². The summed E-state index contributed by atoms with van der Waals surface area (Å²) in [5, 5.41) is 17.0. The molecule has 1 aromatic carbocycles. The Morgan fingerprint density at radius 3 is 2.75 bits per heavy atom. The molecule has 1 aromatic rings. The van der Waals surface area contributed by atoms with Crippen LogP contribution in [-0.4, -0.2) is 35.9 Å². The van der Waals surface area contributed by atoms with Gasteiger partial charge in [0.05, 0.1) is 4.92 Å². The molecule has 0 aliphatic rings. The van der Waals surface area contributed by atoms with E-state index in [4.69, 9.17) is 0 Å². The van der Waals surface area contributed by atoms with Gasteiger partial charge in [0.2, 0.25) is 0 Å². The van der Waals surface area contributed by atoms with E-state index in [9.17, 15) is 14.9 Å². The third kappa shape index (κ3) is 4.12. The quantitative estimate of drug-likeness (QED) is 0.596. The first-order valence-electron chi connectivity index (χ1n) is 6.27. The van der Waals surface area contributed by atoms with Crippen molar-refractivity contribution in [3.8, 4) is 0 Å². The van der Waals surface area contributed by atoms with E-state index in [-0.39, 0.29) is 11.3 Å². The number of nitrogens with zero attached hydrogens (tertiary/aromatic N) is 1. The Labute approximate surface area is 122 Å². The minimum Gasteiger partial charge on any atom is -0.383 e. The lowest BCUT2D eigenvalue weighted by atomic mass is 10.1. The van der Waals surface area contributed by atoms with Gasteiger partial charge in [-0.2, -0.15) is 11.8 Å². The van der Waals surface area contributed by atoms with E-state index in [1.54, 1.807) is 30.9 Å². The number of benzene rings is 1. The topological polar surface area (TPSA) is 84.3 Å². The van der Waals surface area contributed by atoms with Crippen LogP contribution < -0.4 is 10.6 Å². The lowest BCUT2D eigenvalue weighted by Crippen LogP contribution is -2.26. The van der Waals surface area contributed by atoms with Gasteiger partial charge in [0.1, 0.15) is 11.3 Å². The average Bonchev–Trinajstić information content (AvgIpc) is 2.45. The molecule has 0 bridgehead atoms. The zero-order valence-corrected chi connectivity index (χ0v) is 12.6. The van der Waals surface area contributed by atoms with Crippen molar-refractivity contribution in [2.45, 2.75) is 18.6 Å². The maximum atomic E-state index is 12.1. The van der Waals surface area contributed by atoms with E-state index in [0.717, 1.165) is 6.42 Å². The van der Waals surface area contributed by atoms with Gasteiger partial charge in [0, 0.05) is 18.8 Å². The second-order valence-electron chi connectivity index (χ2n) is 4.30. The van der Waals surface area contributed by atoms with E-state index < -0.39 is 10.8 Å². The van der Waals surface area contributed by atoms with Crippen molar-refractivity contribution in [1.82, 2.24) is 5.32 Å². The number of nitro groups is 1. The number of carbonyl (C=O) groups excluding carboxylic acids is 1. The number of amides is 1. The molecule has 0 spiro atoms. The Morgan fingerprint density at radius 2 is 2.20 bits per heavy atom. The molecule has 0 radical (unpaired) electrons. The fourth-order valence-corrected chi connectivity index (χ4v) is 2.08. The Balaban J connectivity index is 2.85. The third-order valence-electron chi connectivity index (χ3n) is 2.97. The first kappa shape index (κ1) is 16.3. The minimum absolute atomic E-state index is 0.0821. The second-order valence-corrected chi connectivity index (χ2v) is 5.58. The van der Waals surface area contributed by atoms with Gasteiger partial charge >= 0.3 is 5.69 Å². The molecule has 0 heterocycles. The highest BCUT2D eigenvalue weighted by atomic mass is 32.2. The summed E-state index contributed by atoms with van der Waals surface area (Å²) in [4.78, 5) is 22.6. The van der Waals surface area contributed by atoms with Crippen molar-refractivity contribution in [3.63, 3.8) is 0 Å². The average molecular weight is 297 g/mol. The molecule has 1 amide bonds. The van der Waals surface area contributed by atoms with Crippen LogP contribution in [0.15, 0.2) is 18.2 Å². The summed E-state index contributed by atoms with van der Waals surface area (Å²) in [6.07, 6.45) is 2.83. The zero-order chi connectivity index (χ0) is 15.1. The van der Waals surface area contributed by atoms with Crippen LogP contribution in [0.3, 0.4) is 0 Å². The monoisotopic (exact) mass is 297 g/mol. The van der Waals surface area contributed by atoms with E-state index in [2.05, 4.69) is 17.6 Å². The second kappa shape index (κ2) is 7.74. The van der Waals surface area contributed by atoms with Crippen LogP contribution >= 0.6 is 11.8 Å². The first-order chi connectivity index (χ1) is 9.51. The standard InChI is InChI=1S/C13H19N3O3S/c1-9(20-3)7-8-15-13(17)10-5-4-6-11(14-2)12(10)16(18)19/h4-6,9,14H,7-8H2,1-3H3,(H,15,17). The SMILES string of the molecule is CNc1cccc(C(=O)NCCC(C)SC)c1[N+](=O)[O-]. The molecule has 20 heavy (non-hydrogen) atoms. The number of thioether (sulfide) groups is 1. The predicted octanol–water partition coefficient (Wildman–Crippen LogP) is 2.51. The normalized spacial score (nSPS) is 11.8. The lowest BCUT2D eigenvalue weighted by Gasteiger charge is -2.10. The van der Waals surface area contributed by atoms with Gasteiger partial charge in [-0.05, 0) is 24.8 Å². The summed E-state index contributed by atoms with van der Waals surface area (Å²) in [7, 11) is 1.59. The van der Waals surface area contributed by atoms with E-state index in [1.807, 2.05) is 6.26 Å². The van der Waals surface area contributed by atoms with Crippen LogP contribution in [0.25, 0.3) is 0 Å². The smallest absolute Gasteiger partial charge is 0.305 e. The maximum Gasteiger partial charge on any atom is 0.305 e. The number of para-hydroxylation sites is 1. The molecule has 1 atom stereocenters. The molecule has 1 unspecified atom stereocenters. The molecule has 0 fully saturated rings. The highest BCUT2D eigenvalue weighted by Crippen LogP contribution is 2.28. The third-order valence-corrected chi connectivity index (χ3v) is 4.01. The van der Waals surface area contributed by atoms with Crippen molar-refractivity contribution < 1.29 is 9.72 Å². The Kier molecular flexibility index (Phi) is 6.30. The highest BCUT2D eigenvalue weighted by molar-refractivity contribution is 7.99. The number of hydrogen-bond acceptors (Lipinski definition) is 5. The minimum atomic E-state index is -0.536. The van der Waals surface area contributed by atoms with Crippen LogP contribution in [0.5, 0.6) is 0 Å². The van der Waals surface area contributed by atoms with Crippen LogP contribution in [0, 0.1) is 10.1 Å². The molecule has 1 rings (SSSR count). The van der Waals surface area contributed by atoms with Gasteiger partial charge in [-0.3, -0.25) is 14.9 Å². The number of anilines is 1. The number of hydrogen-bond donors (Lipinski definition) is 2. The summed E-state index contributed by atoms with van der Waals surface area (Å²) in [6, 6.07) is 4.66. The molecule has 0 saturated carbocycles. The fraction of sp³-hybridized carbons (Fsp3) is 0.462. The summed E-state index contributed by atoms with van der Waals surface area (Å²) in [6.45, 7) is 2.57. The van der Waals surface area contributed by atoms with E-state index >= 15 is 0 Å². The van der Waals surface area contributed by atoms with Crippen LogP contribution in [0.4, 0.5) is 11.4 Å². The van der Waals surface area contributed by atoms with Gasteiger partial charge in [0.15, 0.2) is 0 Å². The number of nitro benzene ring substituents is 1. The maximum absolute atomic E-state index is 12.1. The van der Waals surface area contributed by atoms with E-state index in [0.29, 0.717) is 17.5 Å². The molecule has 0 aromatic heterocycles. The summed E-state index contributed by atoms with van der Waals surface area (Å²) >= 11 is 1.72. The zero-order valence-electron chi connectivity index (χ0n) is 11.8. The van der Waals surface area contributed by atoms with Crippen molar-refractivity contribution in [3.05, 3.63) is 33.9 Å². The number of rotatable bonds is 7. The molecule has 0 saturated heterocycles. The molecule has 0 aliphatic heterocycles. The van der Waals surface area contributed by atoms with Crippen molar-refractivity contribution in [2.75, 3.05) is 25.2 Å². The van der Waals surface area contributed by atoms with Crippen LogP contribution in [-0.2, 0) is 0 Å². The van der Waals surface area contributed by atoms with Gasteiger partial charge in [0.25, 0.3) is 5.91 Å². The molecule has 110 valence electrons. The Hall–Kier alpha value is -1.76. The van der Waals surface area contributed by atoms with Crippen LogP contribution in [0.1, 0.15) is 23.7 Å². The molecular weight excluding hydrogens is 278 g/mol. The van der Waals surface area contributed by atoms with Crippen molar-refractivity contribution >= 4 is 29.0 Å². The Bertz CT molecular complexity index is 494. The largest absolute Gasteiger partial charge is 0.383 e.